The molecule has 1 aliphatic rings. The SMILES string of the molecule is NC(=O)c1cc(Br)cnc1O[C@@H]1CCNC[C@@H]1F. The number of nitrogens with one attached hydrogen (secondary N) is 1. The number of carbonyl (C=O) groups excluding carboxylic acids is 1. The molecule has 2 rings (SSSR count). The van der Waals surface area contributed by atoms with Crippen molar-refractivity contribution in [2.75, 3.05) is 13.1 Å². The summed E-state index contributed by atoms with van der Waals surface area (Å²) in [6.07, 6.45) is 0.288. The van der Waals surface area contributed by atoms with Crippen molar-refractivity contribution in [1.82, 2.24) is 10.3 Å². The van der Waals surface area contributed by atoms with Gasteiger partial charge in [-0.2, -0.15) is 0 Å². The average molecular weight is 318 g/mol. The van der Waals surface area contributed by atoms with Crippen molar-refractivity contribution in [2.45, 2.75) is 18.7 Å². The van der Waals surface area contributed by atoms with Crippen LogP contribution in [0, 0.1) is 0 Å². The Morgan fingerprint density at radius 3 is 3.11 bits per heavy atom. The Morgan fingerprint density at radius 2 is 2.44 bits per heavy atom. The summed E-state index contributed by atoms with van der Waals surface area (Å²) in [4.78, 5) is 15.2. The Labute approximate surface area is 112 Å². The van der Waals surface area contributed by atoms with E-state index in [-0.39, 0.29) is 18.0 Å². The molecule has 18 heavy (non-hydrogen) atoms. The highest BCUT2D eigenvalue weighted by Gasteiger charge is 2.28. The largest absolute Gasteiger partial charge is 0.471 e. The number of hydrogen-bond acceptors (Lipinski definition) is 4. The summed E-state index contributed by atoms with van der Waals surface area (Å²) in [6.45, 7) is 0.917. The number of aromatic nitrogens is 1. The fourth-order valence-electron chi connectivity index (χ4n) is 1.77. The molecule has 2 atom stereocenters. The van der Waals surface area contributed by atoms with Gasteiger partial charge in [0.15, 0.2) is 0 Å². The Hall–Kier alpha value is -1.21. The third-order valence-corrected chi connectivity index (χ3v) is 3.13. The summed E-state index contributed by atoms with van der Waals surface area (Å²) in [7, 11) is 0. The maximum atomic E-state index is 13.6. The van der Waals surface area contributed by atoms with Crippen LogP contribution in [-0.4, -0.2) is 36.3 Å². The molecule has 98 valence electrons. The number of halogens is 2. The highest BCUT2D eigenvalue weighted by atomic mass is 79.9. The van der Waals surface area contributed by atoms with Gasteiger partial charge < -0.3 is 15.8 Å². The van der Waals surface area contributed by atoms with Crippen molar-refractivity contribution in [1.29, 1.82) is 0 Å². The standard InChI is InChI=1S/C11H13BrFN3O2/c12-6-3-7(10(14)17)11(16-4-6)18-9-1-2-15-5-8(9)13/h3-4,8-9,15H,1-2,5H2,(H2,14,17)/t8-,9+/m0/s1. The minimum atomic E-state index is -1.12. The number of nitrogens with zero attached hydrogens (tertiary/aromatic N) is 1. The molecule has 0 radical (unpaired) electrons. The van der Waals surface area contributed by atoms with Crippen molar-refractivity contribution in [3.05, 3.63) is 22.3 Å². The van der Waals surface area contributed by atoms with Crippen LogP contribution in [0.15, 0.2) is 16.7 Å². The van der Waals surface area contributed by atoms with Crippen LogP contribution in [0.1, 0.15) is 16.8 Å². The van der Waals surface area contributed by atoms with Crippen molar-refractivity contribution < 1.29 is 13.9 Å². The summed E-state index contributed by atoms with van der Waals surface area (Å²) in [5.41, 5.74) is 5.39. The van der Waals surface area contributed by atoms with E-state index < -0.39 is 18.2 Å². The zero-order valence-corrected chi connectivity index (χ0v) is 11.1. The van der Waals surface area contributed by atoms with Gasteiger partial charge in [0.05, 0.1) is 0 Å². The molecule has 0 unspecified atom stereocenters. The molecule has 1 amide bonds. The Kier molecular flexibility index (Phi) is 4.13. The molecule has 0 aliphatic carbocycles. The number of piperidine rings is 1. The van der Waals surface area contributed by atoms with E-state index in [2.05, 4.69) is 26.2 Å². The molecular formula is C11H13BrFN3O2. The Bertz CT molecular complexity index is 458. The van der Waals surface area contributed by atoms with E-state index in [1.807, 2.05) is 0 Å². The lowest BCUT2D eigenvalue weighted by atomic mass is 10.1. The third kappa shape index (κ3) is 2.97. The predicted octanol–water partition coefficient (Wildman–Crippen LogP) is 1.02. The van der Waals surface area contributed by atoms with E-state index in [1.54, 1.807) is 0 Å². The van der Waals surface area contributed by atoms with Gasteiger partial charge in [-0.05, 0) is 35.0 Å². The zero-order chi connectivity index (χ0) is 13.1. The van der Waals surface area contributed by atoms with Crippen LogP contribution in [0.3, 0.4) is 0 Å². The second-order valence-corrected chi connectivity index (χ2v) is 4.95. The number of hydrogen-bond donors (Lipinski definition) is 2. The first-order chi connectivity index (χ1) is 8.58. The second-order valence-electron chi connectivity index (χ2n) is 4.04. The Balaban J connectivity index is 2.20. The van der Waals surface area contributed by atoms with Gasteiger partial charge in [0.25, 0.3) is 5.91 Å². The molecule has 1 aromatic heterocycles. The molecule has 0 aromatic carbocycles. The van der Waals surface area contributed by atoms with Gasteiger partial charge in [0.2, 0.25) is 5.88 Å². The van der Waals surface area contributed by atoms with E-state index in [4.69, 9.17) is 10.5 Å². The maximum Gasteiger partial charge on any atom is 0.254 e. The van der Waals surface area contributed by atoms with Gasteiger partial charge in [-0.1, -0.05) is 0 Å². The zero-order valence-electron chi connectivity index (χ0n) is 9.53. The summed E-state index contributed by atoms with van der Waals surface area (Å²) in [5.74, 6) is -0.566. The van der Waals surface area contributed by atoms with Crippen LogP contribution in [0.25, 0.3) is 0 Å². The lowest BCUT2D eigenvalue weighted by molar-refractivity contribution is 0.0676. The van der Waals surface area contributed by atoms with Crippen LogP contribution in [0.4, 0.5) is 4.39 Å². The number of primary amides is 1. The number of ether oxygens (including phenoxy) is 1. The van der Waals surface area contributed by atoms with Gasteiger partial charge in [0.1, 0.15) is 17.8 Å². The Morgan fingerprint density at radius 1 is 1.67 bits per heavy atom. The fraction of sp³-hybridized carbons (Fsp3) is 0.455. The number of amides is 1. The lowest BCUT2D eigenvalue weighted by Crippen LogP contribution is -2.44. The number of nitrogens with two attached hydrogens (primary N) is 1. The first-order valence-electron chi connectivity index (χ1n) is 5.54. The van der Waals surface area contributed by atoms with E-state index in [9.17, 15) is 9.18 Å². The minimum absolute atomic E-state index is 0.0836. The van der Waals surface area contributed by atoms with E-state index in [0.717, 1.165) is 0 Å². The normalized spacial score (nSPS) is 23.7. The van der Waals surface area contributed by atoms with Gasteiger partial charge >= 0.3 is 0 Å². The lowest BCUT2D eigenvalue weighted by Gasteiger charge is -2.27. The quantitative estimate of drug-likeness (QED) is 0.872. The van der Waals surface area contributed by atoms with E-state index in [0.29, 0.717) is 17.4 Å². The van der Waals surface area contributed by atoms with Crippen molar-refractivity contribution >= 4 is 21.8 Å². The molecule has 2 heterocycles. The second kappa shape index (κ2) is 5.62. The van der Waals surface area contributed by atoms with Crippen LogP contribution < -0.4 is 15.8 Å². The number of pyridine rings is 1. The van der Waals surface area contributed by atoms with Crippen molar-refractivity contribution in [3.8, 4) is 5.88 Å². The van der Waals surface area contributed by atoms with Crippen LogP contribution >= 0.6 is 15.9 Å². The minimum Gasteiger partial charge on any atom is -0.471 e. The summed E-state index contributed by atoms with van der Waals surface area (Å²) >= 11 is 3.19. The maximum absolute atomic E-state index is 13.6. The molecule has 5 nitrogen and oxygen atoms in total. The van der Waals surface area contributed by atoms with Crippen LogP contribution in [0.2, 0.25) is 0 Å². The average Bonchev–Trinajstić information content (AvgIpc) is 2.34. The summed E-state index contributed by atoms with van der Waals surface area (Å²) in [5, 5.41) is 2.92. The monoisotopic (exact) mass is 317 g/mol. The van der Waals surface area contributed by atoms with Crippen molar-refractivity contribution in [2.24, 2.45) is 5.73 Å². The topological polar surface area (TPSA) is 77.2 Å². The smallest absolute Gasteiger partial charge is 0.254 e. The number of rotatable bonds is 3. The first kappa shape index (κ1) is 13.2. The third-order valence-electron chi connectivity index (χ3n) is 2.69. The molecular weight excluding hydrogens is 305 g/mol. The van der Waals surface area contributed by atoms with Gasteiger partial charge in [0, 0.05) is 17.2 Å². The molecule has 3 N–H and O–H groups in total. The molecule has 1 aliphatic heterocycles. The molecule has 7 heteroatoms. The van der Waals surface area contributed by atoms with Gasteiger partial charge in [-0.3, -0.25) is 4.79 Å². The molecule has 1 saturated heterocycles. The summed E-state index contributed by atoms with van der Waals surface area (Å²) < 4.78 is 19.7. The predicted molar refractivity (Wildman–Crippen MR) is 67.3 cm³/mol. The fourth-order valence-corrected chi connectivity index (χ4v) is 2.10. The number of alkyl halides is 1. The molecule has 1 aromatic rings. The van der Waals surface area contributed by atoms with Crippen LogP contribution in [0.5, 0.6) is 5.88 Å². The molecule has 0 bridgehead atoms. The highest BCUT2D eigenvalue weighted by Crippen LogP contribution is 2.23. The first-order valence-corrected chi connectivity index (χ1v) is 6.34. The van der Waals surface area contributed by atoms with Gasteiger partial charge in [-0.15, -0.1) is 0 Å². The van der Waals surface area contributed by atoms with Crippen molar-refractivity contribution in [3.63, 3.8) is 0 Å². The van der Waals surface area contributed by atoms with Crippen LogP contribution in [-0.2, 0) is 0 Å². The summed E-state index contributed by atoms with van der Waals surface area (Å²) in [6, 6.07) is 1.51. The molecule has 1 fully saturated rings. The van der Waals surface area contributed by atoms with E-state index >= 15 is 0 Å². The molecule has 0 spiro atoms. The van der Waals surface area contributed by atoms with Gasteiger partial charge in [-0.25, -0.2) is 9.37 Å². The highest BCUT2D eigenvalue weighted by molar-refractivity contribution is 9.10. The van der Waals surface area contributed by atoms with E-state index in [1.165, 1.54) is 12.3 Å². The number of carbonyl (C=O) groups is 1. The molecule has 0 saturated carbocycles.